The quantitative estimate of drug-likeness (QED) is 0.882. The molecule has 5 nitrogen and oxygen atoms in total. The minimum Gasteiger partial charge on any atom is -0.329 e. The molecule has 2 aromatic rings. The van der Waals surface area contributed by atoms with Crippen LogP contribution < -0.4 is 5.32 Å². The van der Waals surface area contributed by atoms with Gasteiger partial charge in [-0.2, -0.15) is 0 Å². The van der Waals surface area contributed by atoms with Crippen LogP contribution in [0.4, 0.5) is 0 Å². The van der Waals surface area contributed by atoms with E-state index in [2.05, 4.69) is 10.3 Å². The lowest BCUT2D eigenvalue weighted by Gasteiger charge is -2.36. The second-order valence-electron chi connectivity index (χ2n) is 5.64. The number of aromatic nitrogens is 1. The molecule has 0 saturated carbocycles. The Bertz CT molecular complexity index is 698. The number of rotatable bonds is 3. The Morgan fingerprint density at radius 3 is 2.57 bits per heavy atom. The topological polar surface area (TPSA) is 62.3 Å². The average Bonchev–Trinajstić information content (AvgIpc) is 2.62. The van der Waals surface area contributed by atoms with Crippen LogP contribution in [0.15, 0.2) is 48.8 Å². The summed E-state index contributed by atoms with van der Waals surface area (Å²) in [4.78, 5) is 30.2. The van der Waals surface area contributed by atoms with Gasteiger partial charge < -0.3 is 10.2 Å². The molecule has 0 radical (unpaired) electrons. The predicted molar refractivity (Wildman–Crippen MR) is 87.3 cm³/mol. The second-order valence-corrected chi connectivity index (χ2v) is 5.64. The van der Waals surface area contributed by atoms with Crippen molar-refractivity contribution in [1.82, 2.24) is 15.2 Å². The van der Waals surface area contributed by atoms with Gasteiger partial charge in [0.15, 0.2) is 5.78 Å². The standard InChI is InChI=1S/C18H19N3O2/c1-13(22)14-4-6-15(7-5-14)18(23)21-10-9-20-12-17(21)16-3-2-8-19-11-16/h2-8,11,17,20H,9-10,12H2,1H3. The Hall–Kier alpha value is -2.53. The minimum atomic E-state index is -0.0302. The van der Waals surface area contributed by atoms with Crippen LogP contribution in [0.1, 0.15) is 39.2 Å². The van der Waals surface area contributed by atoms with Gasteiger partial charge in [-0.15, -0.1) is 0 Å². The van der Waals surface area contributed by atoms with Gasteiger partial charge in [0.25, 0.3) is 5.91 Å². The first-order valence-corrected chi connectivity index (χ1v) is 7.69. The highest BCUT2D eigenvalue weighted by Gasteiger charge is 2.28. The fourth-order valence-electron chi connectivity index (χ4n) is 2.83. The summed E-state index contributed by atoms with van der Waals surface area (Å²) in [6, 6.07) is 10.7. The third-order valence-electron chi connectivity index (χ3n) is 4.11. The van der Waals surface area contributed by atoms with Gasteiger partial charge in [-0.25, -0.2) is 0 Å². The Balaban J connectivity index is 1.85. The first-order valence-electron chi connectivity index (χ1n) is 7.69. The summed E-state index contributed by atoms with van der Waals surface area (Å²) in [5.74, 6) is -0.0186. The summed E-state index contributed by atoms with van der Waals surface area (Å²) in [7, 11) is 0. The van der Waals surface area contributed by atoms with Gasteiger partial charge >= 0.3 is 0 Å². The zero-order valence-corrected chi connectivity index (χ0v) is 13.0. The minimum absolute atomic E-state index is 0.000548. The number of benzene rings is 1. The largest absolute Gasteiger partial charge is 0.329 e. The van der Waals surface area contributed by atoms with Crippen LogP contribution in [0.25, 0.3) is 0 Å². The number of pyridine rings is 1. The highest BCUT2D eigenvalue weighted by molar-refractivity contribution is 5.98. The molecule has 1 amide bonds. The number of hydrogen-bond donors (Lipinski definition) is 1. The summed E-state index contributed by atoms with van der Waals surface area (Å²) >= 11 is 0. The van der Waals surface area contributed by atoms with Crippen LogP contribution >= 0.6 is 0 Å². The maximum absolute atomic E-state index is 12.9. The van der Waals surface area contributed by atoms with E-state index >= 15 is 0 Å². The number of carbonyl (C=O) groups excluding carboxylic acids is 2. The van der Waals surface area contributed by atoms with Gasteiger partial charge in [-0.05, 0) is 30.7 Å². The number of nitrogens with one attached hydrogen (secondary N) is 1. The van der Waals surface area contributed by atoms with Crippen molar-refractivity contribution in [2.75, 3.05) is 19.6 Å². The third kappa shape index (κ3) is 3.29. The number of piperazine rings is 1. The van der Waals surface area contributed by atoms with E-state index in [-0.39, 0.29) is 17.7 Å². The van der Waals surface area contributed by atoms with E-state index in [0.29, 0.717) is 24.2 Å². The number of carbonyl (C=O) groups is 2. The summed E-state index contributed by atoms with van der Waals surface area (Å²) in [6.45, 7) is 3.65. The molecule has 1 aromatic heterocycles. The summed E-state index contributed by atoms with van der Waals surface area (Å²) in [5, 5.41) is 3.33. The molecule has 0 bridgehead atoms. The van der Waals surface area contributed by atoms with E-state index < -0.39 is 0 Å². The van der Waals surface area contributed by atoms with E-state index in [1.54, 1.807) is 36.7 Å². The third-order valence-corrected chi connectivity index (χ3v) is 4.11. The van der Waals surface area contributed by atoms with Crippen molar-refractivity contribution in [1.29, 1.82) is 0 Å². The van der Waals surface area contributed by atoms with E-state index in [9.17, 15) is 9.59 Å². The fraction of sp³-hybridized carbons (Fsp3) is 0.278. The molecular formula is C18H19N3O2. The van der Waals surface area contributed by atoms with Gasteiger partial charge in [0, 0.05) is 43.2 Å². The molecule has 2 heterocycles. The van der Waals surface area contributed by atoms with Gasteiger partial charge in [-0.3, -0.25) is 14.6 Å². The molecular weight excluding hydrogens is 290 g/mol. The molecule has 3 rings (SSSR count). The van der Waals surface area contributed by atoms with Crippen molar-refractivity contribution < 1.29 is 9.59 Å². The Morgan fingerprint density at radius 1 is 1.17 bits per heavy atom. The molecule has 1 aliphatic heterocycles. The van der Waals surface area contributed by atoms with E-state index in [1.165, 1.54) is 6.92 Å². The first kappa shape index (κ1) is 15.4. The lowest BCUT2D eigenvalue weighted by Crippen LogP contribution is -2.48. The zero-order chi connectivity index (χ0) is 16.2. The van der Waals surface area contributed by atoms with Crippen LogP contribution in [0.5, 0.6) is 0 Å². The Morgan fingerprint density at radius 2 is 1.91 bits per heavy atom. The zero-order valence-electron chi connectivity index (χ0n) is 13.0. The number of ketones is 1. The van der Waals surface area contributed by atoms with Gasteiger partial charge in [-0.1, -0.05) is 18.2 Å². The van der Waals surface area contributed by atoms with E-state index in [1.807, 2.05) is 17.0 Å². The van der Waals surface area contributed by atoms with Crippen molar-refractivity contribution in [3.63, 3.8) is 0 Å². The number of amides is 1. The monoisotopic (exact) mass is 309 g/mol. The predicted octanol–water partition coefficient (Wildman–Crippen LogP) is 2.07. The maximum Gasteiger partial charge on any atom is 0.254 e. The van der Waals surface area contributed by atoms with Crippen molar-refractivity contribution >= 4 is 11.7 Å². The molecule has 1 atom stereocenters. The van der Waals surface area contributed by atoms with Crippen molar-refractivity contribution in [2.24, 2.45) is 0 Å². The van der Waals surface area contributed by atoms with Gasteiger partial charge in [0.1, 0.15) is 0 Å². The van der Waals surface area contributed by atoms with Crippen LogP contribution in [-0.2, 0) is 0 Å². The molecule has 1 N–H and O–H groups in total. The molecule has 23 heavy (non-hydrogen) atoms. The number of nitrogens with zero attached hydrogens (tertiary/aromatic N) is 2. The first-order chi connectivity index (χ1) is 11.2. The summed E-state index contributed by atoms with van der Waals surface area (Å²) in [6.07, 6.45) is 3.53. The molecule has 0 spiro atoms. The molecule has 1 aliphatic rings. The highest BCUT2D eigenvalue weighted by Crippen LogP contribution is 2.23. The number of Topliss-reactive ketones (excluding diaryl/α,β-unsaturated/α-hetero) is 1. The maximum atomic E-state index is 12.9. The van der Waals surface area contributed by atoms with Gasteiger partial charge in [0.05, 0.1) is 6.04 Å². The summed E-state index contributed by atoms with van der Waals surface area (Å²) in [5.41, 5.74) is 2.24. The molecule has 118 valence electrons. The average molecular weight is 309 g/mol. The second kappa shape index (κ2) is 6.71. The molecule has 1 unspecified atom stereocenters. The Kier molecular flexibility index (Phi) is 4.48. The fourth-order valence-corrected chi connectivity index (χ4v) is 2.83. The van der Waals surface area contributed by atoms with Crippen molar-refractivity contribution in [2.45, 2.75) is 13.0 Å². The van der Waals surface area contributed by atoms with Gasteiger partial charge in [0.2, 0.25) is 0 Å². The lowest BCUT2D eigenvalue weighted by atomic mass is 10.0. The van der Waals surface area contributed by atoms with E-state index in [0.717, 1.165) is 12.1 Å². The van der Waals surface area contributed by atoms with Crippen LogP contribution in [0, 0.1) is 0 Å². The molecule has 1 saturated heterocycles. The van der Waals surface area contributed by atoms with Crippen molar-refractivity contribution in [3.05, 3.63) is 65.5 Å². The smallest absolute Gasteiger partial charge is 0.254 e. The van der Waals surface area contributed by atoms with Crippen LogP contribution in [0.3, 0.4) is 0 Å². The molecule has 5 heteroatoms. The lowest BCUT2D eigenvalue weighted by molar-refractivity contribution is 0.0633. The molecule has 1 fully saturated rings. The molecule has 0 aliphatic carbocycles. The normalized spacial score (nSPS) is 17.8. The van der Waals surface area contributed by atoms with Crippen LogP contribution in [0.2, 0.25) is 0 Å². The SMILES string of the molecule is CC(=O)c1ccc(C(=O)N2CCNCC2c2cccnc2)cc1. The van der Waals surface area contributed by atoms with Crippen LogP contribution in [-0.4, -0.2) is 41.2 Å². The van der Waals surface area contributed by atoms with E-state index in [4.69, 9.17) is 0 Å². The van der Waals surface area contributed by atoms with Crippen molar-refractivity contribution in [3.8, 4) is 0 Å². The highest BCUT2D eigenvalue weighted by atomic mass is 16.2. The Labute approximate surface area is 135 Å². The summed E-state index contributed by atoms with van der Waals surface area (Å²) < 4.78 is 0. The number of hydrogen-bond acceptors (Lipinski definition) is 4. The molecule has 1 aromatic carbocycles.